The van der Waals surface area contributed by atoms with Crippen LogP contribution in [0.4, 0.5) is 5.82 Å². The highest BCUT2D eigenvalue weighted by molar-refractivity contribution is 7.90. The number of benzene rings is 1. The fraction of sp³-hybridized carbons (Fsp3) is 0.321. The molecule has 0 saturated carbocycles. The standard InChI is InChI=1S/C28H30N6O5S/c1-16(35)24-25(19-10-12-33(13-11-19)28(37)17(2)36)32-27-22(15-31-34(27)26(24)29)20-6-9-23(30-14-20)18-4-7-21(8-5-18)40(3,38)39/h4-9,14-15,17,19,36H,10-13,29H2,1-3H3/t17-/m1/s1. The Morgan fingerprint density at radius 2 is 1.70 bits per heavy atom. The zero-order valence-corrected chi connectivity index (χ0v) is 23.2. The lowest BCUT2D eigenvalue weighted by molar-refractivity contribution is -0.140. The van der Waals surface area contributed by atoms with Gasteiger partial charge in [-0.3, -0.25) is 14.6 Å². The number of aliphatic hydroxyl groups excluding tert-OH is 1. The van der Waals surface area contributed by atoms with Crippen molar-refractivity contribution in [2.75, 3.05) is 25.1 Å². The van der Waals surface area contributed by atoms with Crippen LogP contribution in [0.25, 0.3) is 28.0 Å². The van der Waals surface area contributed by atoms with E-state index in [2.05, 4.69) is 10.1 Å². The van der Waals surface area contributed by atoms with E-state index in [1.807, 2.05) is 12.1 Å². The summed E-state index contributed by atoms with van der Waals surface area (Å²) in [6.07, 6.45) is 4.59. The van der Waals surface area contributed by atoms with Gasteiger partial charge in [-0.25, -0.2) is 13.4 Å². The minimum atomic E-state index is -3.29. The Morgan fingerprint density at radius 1 is 1.05 bits per heavy atom. The molecule has 5 rings (SSSR count). The van der Waals surface area contributed by atoms with Gasteiger partial charge in [-0.1, -0.05) is 18.2 Å². The molecule has 12 heteroatoms. The first-order valence-electron chi connectivity index (χ1n) is 12.9. The molecule has 1 fully saturated rings. The molecule has 1 aromatic carbocycles. The molecule has 0 bridgehead atoms. The van der Waals surface area contributed by atoms with Gasteiger partial charge in [0.15, 0.2) is 21.3 Å². The van der Waals surface area contributed by atoms with Gasteiger partial charge in [0.2, 0.25) is 0 Å². The molecule has 3 aromatic heterocycles. The third-order valence-corrected chi connectivity index (χ3v) is 8.39. The number of likely N-dealkylation sites (tertiary alicyclic amines) is 1. The van der Waals surface area contributed by atoms with E-state index >= 15 is 0 Å². The van der Waals surface area contributed by atoms with E-state index in [0.29, 0.717) is 54.1 Å². The second-order valence-electron chi connectivity index (χ2n) is 10.1. The topological polar surface area (TPSA) is 161 Å². The summed E-state index contributed by atoms with van der Waals surface area (Å²) in [5, 5.41) is 14.1. The van der Waals surface area contributed by atoms with Crippen LogP contribution in [0.2, 0.25) is 0 Å². The molecular formula is C28H30N6O5S. The molecule has 1 amide bonds. The van der Waals surface area contributed by atoms with Crippen molar-refractivity contribution in [2.24, 2.45) is 0 Å². The van der Waals surface area contributed by atoms with Crippen LogP contribution in [0.15, 0.2) is 53.7 Å². The molecule has 1 aliphatic heterocycles. The van der Waals surface area contributed by atoms with Gasteiger partial charge in [0.1, 0.15) is 11.9 Å². The van der Waals surface area contributed by atoms with E-state index in [-0.39, 0.29) is 28.3 Å². The Morgan fingerprint density at radius 3 is 2.25 bits per heavy atom. The van der Waals surface area contributed by atoms with Crippen molar-refractivity contribution in [3.8, 4) is 22.4 Å². The van der Waals surface area contributed by atoms with Gasteiger partial charge in [0.05, 0.1) is 28.0 Å². The molecule has 4 aromatic rings. The fourth-order valence-electron chi connectivity index (χ4n) is 5.13. The Hall–Kier alpha value is -4.16. The maximum atomic E-state index is 12.7. The summed E-state index contributed by atoms with van der Waals surface area (Å²) >= 11 is 0. The molecule has 1 aliphatic rings. The zero-order valence-electron chi connectivity index (χ0n) is 22.4. The number of nitrogens with two attached hydrogens (primary N) is 1. The van der Waals surface area contributed by atoms with Crippen molar-refractivity contribution in [3.63, 3.8) is 0 Å². The van der Waals surface area contributed by atoms with Crippen molar-refractivity contribution in [1.82, 2.24) is 24.5 Å². The summed E-state index contributed by atoms with van der Waals surface area (Å²) in [6, 6.07) is 10.2. The zero-order chi connectivity index (χ0) is 28.8. The minimum Gasteiger partial charge on any atom is -0.384 e. The van der Waals surface area contributed by atoms with Crippen molar-refractivity contribution >= 4 is 33.0 Å². The molecule has 0 unspecified atom stereocenters. The summed E-state index contributed by atoms with van der Waals surface area (Å²) in [7, 11) is -3.29. The van der Waals surface area contributed by atoms with E-state index in [1.165, 1.54) is 24.6 Å². The highest BCUT2D eigenvalue weighted by atomic mass is 32.2. The third kappa shape index (κ3) is 5.07. The molecule has 208 valence electrons. The van der Waals surface area contributed by atoms with E-state index in [0.717, 1.165) is 11.1 Å². The molecule has 4 heterocycles. The first-order valence-corrected chi connectivity index (χ1v) is 14.8. The monoisotopic (exact) mass is 562 g/mol. The summed E-state index contributed by atoms with van der Waals surface area (Å²) in [5.41, 5.74) is 10.7. The molecular weight excluding hydrogens is 532 g/mol. The van der Waals surface area contributed by atoms with E-state index in [9.17, 15) is 23.1 Å². The number of aliphatic hydroxyl groups is 1. The van der Waals surface area contributed by atoms with Crippen molar-refractivity contribution in [3.05, 3.63) is 60.0 Å². The van der Waals surface area contributed by atoms with Gasteiger partial charge in [-0.15, -0.1) is 0 Å². The number of piperidine rings is 1. The lowest BCUT2D eigenvalue weighted by atomic mass is 9.89. The number of carbonyl (C=O) groups is 2. The highest BCUT2D eigenvalue weighted by Gasteiger charge is 2.31. The molecule has 11 nitrogen and oxygen atoms in total. The maximum Gasteiger partial charge on any atom is 0.251 e. The molecule has 40 heavy (non-hydrogen) atoms. The number of carbonyl (C=O) groups excluding carboxylic acids is 2. The van der Waals surface area contributed by atoms with Gasteiger partial charge in [0, 0.05) is 48.2 Å². The maximum absolute atomic E-state index is 12.7. The third-order valence-electron chi connectivity index (χ3n) is 7.27. The Labute approximate surface area is 231 Å². The number of fused-ring (bicyclic) bond motifs is 1. The number of hydrogen-bond acceptors (Lipinski definition) is 9. The predicted molar refractivity (Wildman–Crippen MR) is 149 cm³/mol. The van der Waals surface area contributed by atoms with Crippen LogP contribution in [0.5, 0.6) is 0 Å². The Bertz CT molecular complexity index is 1700. The van der Waals surface area contributed by atoms with E-state index in [1.54, 1.807) is 41.6 Å². The lowest BCUT2D eigenvalue weighted by Crippen LogP contribution is -2.42. The number of amides is 1. The van der Waals surface area contributed by atoms with Crippen LogP contribution < -0.4 is 5.73 Å². The van der Waals surface area contributed by atoms with Crippen LogP contribution in [-0.2, 0) is 14.6 Å². The average molecular weight is 563 g/mol. The predicted octanol–water partition coefficient (Wildman–Crippen LogP) is 2.73. The summed E-state index contributed by atoms with van der Waals surface area (Å²) in [5.74, 6) is -0.415. The van der Waals surface area contributed by atoms with E-state index in [4.69, 9.17) is 10.7 Å². The van der Waals surface area contributed by atoms with Gasteiger partial charge in [-0.2, -0.15) is 9.61 Å². The number of anilines is 1. The molecule has 0 aliphatic carbocycles. The average Bonchev–Trinajstić information content (AvgIpc) is 3.36. The first kappa shape index (κ1) is 27.4. The van der Waals surface area contributed by atoms with Crippen LogP contribution in [0, 0.1) is 0 Å². The number of nitrogens with zero attached hydrogens (tertiary/aromatic N) is 5. The number of nitrogen functional groups attached to an aromatic ring is 1. The minimum absolute atomic E-state index is 0.0950. The van der Waals surface area contributed by atoms with Crippen LogP contribution >= 0.6 is 0 Å². The molecule has 0 radical (unpaired) electrons. The molecule has 1 atom stereocenters. The second-order valence-corrected chi connectivity index (χ2v) is 12.1. The van der Waals surface area contributed by atoms with E-state index < -0.39 is 15.9 Å². The molecule has 3 N–H and O–H groups in total. The number of Topliss-reactive ketones (excluding diaryl/α,β-unsaturated/α-hetero) is 1. The number of rotatable bonds is 6. The van der Waals surface area contributed by atoms with Crippen molar-refractivity contribution in [2.45, 2.75) is 43.6 Å². The second kappa shape index (κ2) is 10.4. The summed E-state index contributed by atoms with van der Waals surface area (Å²) < 4.78 is 25.0. The normalized spacial score (nSPS) is 15.3. The smallest absolute Gasteiger partial charge is 0.251 e. The van der Waals surface area contributed by atoms with Crippen LogP contribution in [-0.4, -0.2) is 75.1 Å². The number of ketones is 1. The van der Waals surface area contributed by atoms with Gasteiger partial charge in [0.25, 0.3) is 5.91 Å². The quantitative estimate of drug-likeness (QED) is 0.337. The number of aromatic nitrogens is 4. The summed E-state index contributed by atoms with van der Waals surface area (Å²) in [4.78, 5) is 36.2. The van der Waals surface area contributed by atoms with Crippen LogP contribution in [0.1, 0.15) is 48.7 Å². The van der Waals surface area contributed by atoms with Crippen LogP contribution in [0.3, 0.4) is 0 Å². The van der Waals surface area contributed by atoms with Crippen molar-refractivity contribution in [1.29, 1.82) is 0 Å². The Balaban J connectivity index is 1.49. The SMILES string of the molecule is CC(=O)c1c(C2CCN(C(=O)[C@@H](C)O)CC2)nc2c(-c3ccc(-c4ccc(S(C)(=O)=O)cc4)nc3)cnn2c1N. The van der Waals surface area contributed by atoms with Gasteiger partial charge < -0.3 is 15.7 Å². The molecule has 0 spiro atoms. The van der Waals surface area contributed by atoms with Gasteiger partial charge in [-0.05, 0) is 44.9 Å². The van der Waals surface area contributed by atoms with Crippen molar-refractivity contribution < 1.29 is 23.1 Å². The fourth-order valence-corrected chi connectivity index (χ4v) is 5.76. The molecule has 1 saturated heterocycles. The largest absolute Gasteiger partial charge is 0.384 e. The van der Waals surface area contributed by atoms with Gasteiger partial charge >= 0.3 is 0 Å². The highest BCUT2D eigenvalue weighted by Crippen LogP contribution is 2.35. The number of sulfone groups is 1. The first-order chi connectivity index (χ1) is 19.0. The Kier molecular flexibility index (Phi) is 7.15. The number of hydrogen-bond donors (Lipinski definition) is 2. The number of pyridine rings is 1. The summed E-state index contributed by atoms with van der Waals surface area (Å²) in [6.45, 7) is 3.79. The lowest BCUT2D eigenvalue weighted by Gasteiger charge is -2.33.